The Balaban J connectivity index is 2.57. The molecule has 2 rings (SSSR count). The summed E-state index contributed by atoms with van der Waals surface area (Å²) in [6.07, 6.45) is 1.67. The summed E-state index contributed by atoms with van der Waals surface area (Å²) in [5, 5.41) is 0.314. The first-order valence-electron chi connectivity index (χ1n) is 7.15. The van der Waals surface area contributed by atoms with Crippen LogP contribution in [0.1, 0.15) is 24.2 Å². The van der Waals surface area contributed by atoms with Gasteiger partial charge in [0.05, 0.1) is 19.2 Å². The molecule has 122 valence electrons. The van der Waals surface area contributed by atoms with E-state index in [4.69, 9.17) is 21.1 Å². The van der Waals surface area contributed by atoms with Crippen molar-refractivity contribution in [2.24, 2.45) is 4.99 Å². The monoisotopic (exact) mass is 334 g/mol. The summed E-state index contributed by atoms with van der Waals surface area (Å²) in [5.41, 5.74) is 0.975. The summed E-state index contributed by atoms with van der Waals surface area (Å²) in [4.78, 5) is 17.3. The van der Waals surface area contributed by atoms with Crippen molar-refractivity contribution in [1.82, 2.24) is 4.57 Å². The van der Waals surface area contributed by atoms with Crippen LogP contribution in [0.5, 0.6) is 11.5 Å². The maximum atomic E-state index is 12.8. The van der Waals surface area contributed by atoms with Gasteiger partial charge in [-0.05, 0) is 38.1 Å². The highest BCUT2D eigenvalue weighted by atomic mass is 35.5. The van der Waals surface area contributed by atoms with E-state index in [1.165, 1.54) is 18.8 Å². The minimum atomic E-state index is -0.243. The number of carbonyl (C=O) groups excluding carboxylic acids is 1. The number of nitrogens with zero attached hydrogens (tertiary/aromatic N) is 2. The van der Waals surface area contributed by atoms with Gasteiger partial charge in [0.2, 0.25) is 0 Å². The lowest BCUT2D eigenvalue weighted by molar-refractivity contribution is 0.0954. The number of aromatic nitrogens is 1. The van der Waals surface area contributed by atoms with E-state index < -0.39 is 0 Å². The fourth-order valence-corrected chi connectivity index (χ4v) is 2.44. The molecular weight excluding hydrogens is 316 g/mol. The standard InChI is InChI=1S/C17H19ClN2O3/c1-11(2)19-15-7-5-6-8-20(15)17(21)12-9-13(18)16(23-4)14(10-12)22-3/h5-11H,1-4H3. The molecule has 1 heterocycles. The van der Waals surface area contributed by atoms with Gasteiger partial charge in [-0.2, -0.15) is 0 Å². The number of benzene rings is 1. The minimum Gasteiger partial charge on any atom is -0.493 e. The SMILES string of the molecule is COc1cc(C(=O)n2ccccc2=NC(C)C)cc(Cl)c1OC. The zero-order chi connectivity index (χ0) is 17.0. The highest BCUT2D eigenvalue weighted by molar-refractivity contribution is 6.32. The fourth-order valence-electron chi connectivity index (χ4n) is 2.16. The van der Waals surface area contributed by atoms with Crippen LogP contribution in [0, 0.1) is 0 Å². The van der Waals surface area contributed by atoms with Gasteiger partial charge >= 0.3 is 0 Å². The van der Waals surface area contributed by atoms with E-state index in [1.807, 2.05) is 19.9 Å². The number of ether oxygens (including phenoxy) is 2. The highest BCUT2D eigenvalue weighted by Gasteiger charge is 2.16. The lowest BCUT2D eigenvalue weighted by Gasteiger charge is -2.12. The van der Waals surface area contributed by atoms with Gasteiger partial charge in [0, 0.05) is 17.8 Å². The van der Waals surface area contributed by atoms with E-state index >= 15 is 0 Å². The predicted molar refractivity (Wildman–Crippen MR) is 89.4 cm³/mol. The van der Waals surface area contributed by atoms with E-state index in [1.54, 1.807) is 30.5 Å². The third-order valence-corrected chi connectivity index (χ3v) is 3.41. The maximum absolute atomic E-state index is 12.8. The summed E-state index contributed by atoms with van der Waals surface area (Å²) in [5.74, 6) is 0.561. The Morgan fingerprint density at radius 2 is 1.96 bits per heavy atom. The first-order valence-corrected chi connectivity index (χ1v) is 7.53. The molecule has 1 aromatic carbocycles. The van der Waals surface area contributed by atoms with Crippen LogP contribution in [0.15, 0.2) is 41.5 Å². The van der Waals surface area contributed by atoms with Gasteiger partial charge in [-0.1, -0.05) is 17.7 Å². The molecule has 0 bridgehead atoms. The summed E-state index contributed by atoms with van der Waals surface area (Å²) >= 11 is 6.18. The Morgan fingerprint density at radius 3 is 2.57 bits per heavy atom. The molecule has 5 nitrogen and oxygen atoms in total. The summed E-state index contributed by atoms with van der Waals surface area (Å²) in [6.45, 7) is 3.91. The molecular formula is C17H19ClN2O3. The van der Waals surface area contributed by atoms with Crippen molar-refractivity contribution in [3.8, 4) is 11.5 Å². The Hall–Kier alpha value is -2.27. The van der Waals surface area contributed by atoms with Crippen molar-refractivity contribution in [2.45, 2.75) is 19.9 Å². The van der Waals surface area contributed by atoms with Gasteiger partial charge < -0.3 is 9.47 Å². The zero-order valence-corrected chi connectivity index (χ0v) is 14.3. The molecule has 0 spiro atoms. The van der Waals surface area contributed by atoms with Gasteiger partial charge in [-0.15, -0.1) is 0 Å². The Morgan fingerprint density at radius 1 is 1.22 bits per heavy atom. The average Bonchev–Trinajstić information content (AvgIpc) is 2.53. The molecule has 23 heavy (non-hydrogen) atoms. The second kappa shape index (κ2) is 7.33. The number of hydrogen-bond donors (Lipinski definition) is 0. The Labute approximate surface area is 140 Å². The number of hydrogen-bond acceptors (Lipinski definition) is 4. The van der Waals surface area contributed by atoms with Crippen molar-refractivity contribution >= 4 is 17.5 Å². The molecule has 0 N–H and O–H groups in total. The highest BCUT2D eigenvalue weighted by Crippen LogP contribution is 2.36. The molecule has 0 amide bonds. The van der Waals surface area contributed by atoms with E-state index in [-0.39, 0.29) is 11.9 Å². The smallest absolute Gasteiger partial charge is 0.263 e. The molecule has 0 fully saturated rings. The van der Waals surface area contributed by atoms with Gasteiger partial charge in [0.25, 0.3) is 5.91 Å². The third-order valence-electron chi connectivity index (χ3n) is 3.13. The average molecular weight is 335 g/mol. The van der Waals surface area contributed by atoms with Crippen molar-refractivity contribution in [3.63, 3.8) is 0 Å². The van der Waals surface area contributed by atoms with Gasteiger partial charge in [0.15, 0.2) is 11.5 Å². The van der Waals surface area contributed by atoms with Crippen LogP contribution in [0.25, 0.3) is 0 Å². The largest absolute Gasteiger partial charge is 0.493 e. The number of methoxy groups -OCH3 is 2. The van der Waals surface area contributed by atoms with E-state index in [0.717, 1.165) is 0 Å². The van der Waals surface area contributed by atoms with Gasteiger partial charge in [-0.25, -0.2) is 0 Å². The van der Waals surface area contributed by atoms with Crippen molar-refractivity contribution < 1.29 is 14.3 Å². The van der Waals surface area contributed by atoms with E-state index in [2.05, 4.69) is 4.99 Å². The lowest BCUT2D eigenvalue weighted by atomic mass is 10.2. The topological polar surface area (TPSA) is 52.8 Å². The molecule has 0 atom stereocenters. The summed E-state index contributed by atoms with van der Waals surface area (Å²) in [6, 6.07) is 8.65. The molecule has 0 aliphatic heterocycles. The normalized spacial score (nSPS) is 11.7. The van der Waals surface area contributed by atoms with Gasteiger partial charge in [-0.3, -0.25) is 14.4 Å². The molecule has 2 aromatic rings. The molecule has 1 aromatic heterocycles. The second-order valence-corrected chi connectivity index (χ2v) is 5.56. The Bertz CT molecular complexity index is 782. The minimum absolute atomic E-state index is 0.0745. The molecule has 0 radical (unpaired) electrons. The molecule has 6 heteroatoms. The molecule has 0 saturated carbocycles. The van der Waals surface area contributed by atoms with Crippen LogP contribution in [0.2, 0.25) is 5.02 Å². The molecule has 0 aliphatic rings. The third kappa shape index (κ3) is 3.74. The lowest BCUT2D eigenvalue weighted by Crippen LogP contribution is -2.28. The van der Waals surface area contributed by atoms with E-state index in [9.17, 15) is 4.79 Å². The van der Waals surface area contributed by atoms with Crippen LogP contribution >= 0.6 is 11.6 Å². The van der Waals surface area contributed by atoms with Crippen LogP contribution < -0.4 is 15.0 Å². The van der Waals surface area contributed by atoms with Crippen LogP contribution in [0.4, 0.5) is 0 Å². The van der Waals surface area contributed by atoms with Crippen LogP contribution in [-0.2, 0) is 0 Å². The number of pyridine rings is 1. The Kier molecular flexibility index (Phi) is 5.45. The molecule has 0 saturated heterocycles. The fraction of sp³-hybridized carbons (Fsp3) is 0.294. The quantitative estimate of drug-likeness (QED) is 0.863. The molecule has 0 unspecified atom stereocenters. The first kappa shape index (κ1) is 17.1. The number of carbonyl (C=O) groups is 1. The second-order valence-electron chi connectivity index (χ2n) is 5.15. The predicted octanol–water partition coefficient (Wildman–Crippen LogP) is 3.16. The van der Waals surface area contributed by atoms with Crippen LogP contribution in [0.3, 0.4) is 0 Å². The number of rotatable bonds is 4. The van der Waals surface area contributed by atoms with Crippen molar-refractivity contribution in [2.75, 3.05) is 14.2 Å². The molecule has 0 aliphatic carbocycles. The summed E-state index contributed by atoms with van der Waals surface area (Å²) < 4.78 is 11.9. The first-order chi connectivity index (χ1) is 11.0. The maximum Gasteiger partial charge on any atom is 0.263 e. The van der Waals surface area contributed by atoms with Crippen molar-refractivity contribution in [1.29, 1.82) is 0 Å². The summed E-state index contributed by atoms with van der Waals surface area (Å²) in [7, 11) is 2.99. The van der Waals surface area contributed by atoms with Gasteiger partial charge in [0.1, 0.15) is 5.49 Å². The van der Waals surface area contributed by atoms with E-state index in [0.29, 0.717) is 27.6 Å². The number of halogens is 1. The van der Waals surface area contributed by atoms with Crippen LogP contribution in [-0.4, -0.2) is 30.7 Å². The van der Waals surface area contributed by atoms with Crippen molar-refractivity contribution in [3.05, 3.63) is 52.6 Å². The zero-order valence-electron chi connectivity index (χ0n) is 13.5.